The highest BCUT2D eigenvalue weighted by Gasteiger charge is 2.35. The van der Waals surface area contributed by atoms with Crippen molar-refractivity contribution >= 4 is 5.97 Å². The summed E-state index contributed by atoms with van der Waals surface area (Å²) in [5, 5.41) is 0. The lowest BCUT2D eigenvalue weighted by Crippen LogP contribution is -2.33. The summed E-state index contributed by atoms with van der Waals surface area (Å²) >= 11 is 0. The van der Waals surface area contributed by atoms with Crippen molar-refractivity contribution in [3.8, 4) is 0 Å². The minimum Gasteiger partial charge on any atom is -0.500 e. The van der Waals surface area contributed by atoms with Crippen molar-refractivity contribution in [2.24, 2.45) is 11.8 Å². The van der Waals surface area contributed by atoms with Crippen LogP contribution in [0.3, 0.4) is 0 Å². The van der Waals surface area contributed by atoms with Gasteiger partial charge in [-0.25, -0.2) is 4.79 Å². The van der Waals surface area contributed by atoms with Gasteiger partial charge in [-0.3, -0.25) is 0 Å². The molecule has 1 fully saturated rings. The molecule has 0 aromatic carbocycles. The summed E-state index contributed by atoms with van der Waals surface area (Å²) < 4.78 is 10.1. The van der Waals surface area contributed by atoms with Crippen LogP contribution >= 0.6 is 0 Å². The highest BCUT2D eigenvalue weighted by molar-refractivity contribution is 5.89. The predicted octanol–water partition coefficient (Wildman–Crippen LogP) is 1.27. The predicted molar refractivity (Wildman–Crippen MR) is 46.8 cm³/mol. The molecule has 2 aliphatic rings. The molecule has 3 nitrogen and oxygen atoms in total. The highest BCUT2D eigenvalue weighted by atomic mass is 16.5. The molecule has 0 N–H and O–H groups in total. The Balaban J connectivity index is 2.25. The second-order valence-electron chi connectivity index (χ2n) is 3.34. The first-order chi connectivity index (χ1) is 6.33. The van der Waals surface area contributed by atoms with E-state index >= 15 is 0 Å². The number of hydrogen-bond donors (Lipinski definition) is 0. The van der Waals surface area contributed by atoms with Gasteiger partial charge in [-0.15, -0.1) is 6.58 Å². The molecule has 0 aromatic rings. The number of ether oxygens (including phenoxy) is 2. The molecule has 0 radical (unpaired) electrons. The van der Waals surface area contributed by atoms with E-state index < -0.39 is 0 Å². The zero-order valence-corrected chi connectivity index (χ0v) is 7.36. The maximum Gasteiger partial charge on any atom is 0.337 e. The minimum atomic E-state index is -0.234. The summed E-state index contributed by atoms with van der Waals surface area (Å²) in [6, 6.07) is 0. The summed E-state index contributed by atoms with van der Waals surface area (Å²) in [5.41, 5.74) is 0.669. The average Bonchev–Trinajstić information content (AvgIpc) is 2.18. The van der Waals surface area contributed by atoms with Crippen LogP contribution in [0, 0.1) is 11.8 Å². The van der Waals surface area contributed by atoms with Gasteiger partial charge in [-0.2, -0.15) is 0 Å². The molecular weight excluding hydrogens is 168 g/mol. The third-order valence-electron chi connectivity index (χ3n) is 2.62. The van der Waals surface area contributed by atoms with Crippen molar-refractivity contribution in [1.29, 1.82) is 0 Å². The van der Waals surface area contributed by atoms with Crippen LogP contribution in [-0.4, -0.2) is 19.2 Å². The lowest BCUT2D eigenvalue weighted by molar-refractivity contribution is -0.144. The second kappa shape index (κ2) is 3.24. The number of esters is 1. The van der Waals surface area contributed by atoms with Crippen molar-refractivity contribution in [3.05, 3.63) is 24.5 Å². The number of hydrogen-bond acceptors (Lipinski definition) is 3. The maximum absolute atomic E-state index is 11.3. The quantitative estimate of drug-likeness (QED) is 0.450. The molecule has 13 heavy (non-hydrogen) atoms. The maximum atomic E-state index is 11.3. The van der Waals surface area contributed by atoms with E-state index in [4.69, 9.17) is 9.47 Å². The Morgan fingerprint density at radius 1 is 1.62 bits per heavy atom. The van der Waals surface area contributed by atoms with Gasteiger partial charge in [0.15, 0.2) is 0 Å². The van der Waals surface area contributed by atoms with E-state index in [1.165, 1.54) is 6.26 Å². The lowest BCUT2D eigenvalue weighted by atomic mass is 9.82. The van der Waals surface area contributed by atoms with E-state index in [0.29, 0.717) is 18.8 Å². The summed E-state index contributed by atoms with van der Waals surface area (Å²) in [4.78, 5) is 11.3. The Hall–Kier alpha value is -1.25. The molecule has 2 heterocycles. The first-order valence-electron chi connectivity index (χ1n) is 4.44. The molecule has 0 saturated carbocycles. The van der Waals surface area contributed by atoms with Gasteiger partial charge in [0, 0.05) is 11.8 Å². The first-order valence-corrected chi connectivity index (χ1v) is 4.44. The summed E-state index contributed by atoms with van der Waals surface area (Å²) in [6.45, 7) is 4.89. The average molecular weight is 180 g/mol. The van der Waals surface area contributed by atoms with Crippen molar-refractivity contribution in [3.63, 3.8) is 0 Å². The largest absolute Gasteiger partial charge is 0.500 e. The van der Waals surface area contributed by atoms with Crippen molar-refractivity contribution in [1.82, 2.24) is 0 Å². The molecule has 0 bridgehead atoms. The van der Waals surface area contributed by atoms with Gasteiger partial charge in [-0.1, -0.05) is 6.08 Å². The molecular formula is C10H12O3. The van der Waals surface area contributed by atoms with E-state index in [-0.39, 0.29) is 17.8 Å². The van der Waals surface area contributed by atoms with E-state index in [2.05, 4.69) is 6.58 Å². The zero-order valence-electron chi connectivity index (χ0n) is 7.36. The molecule has 0 aromatic heterocycles. The molecule has 2 aliphatic heterocycles. The van der Waals surface area contributed by atoms with Crippen LogP contribution in [0.25, 0.3) is 0 Å². The first kappa shape index (κ1) is 8.35. The van der Waals surface area contributed by atoms with E-state index in [1.807, 2.05) is 6.08 Å². The van der Waals surface area contributed by atoms with Gasteiger partial charge in [0.1, 0.15) is 0 Å². The number of rotatable bonds is 1. The van der Waals surface area contributed by atoms with Gasteiger partial charge in [0.25, 0.3) is 0 Å². The van der Waals surface area contributed by atoms with Crippen molar-refractivity contribution in [2.75, 3.05) is 13.2 Å². The Morgan fingerprint density at radius 3 is 3.23 bits per heavy atom. The summed E-state index contributed by atoms with van der Waals surface area (Å²) in [6.07, 6.45) is 4.28. The van der Waals surface area contributed by atoms with Crippen LogP contribution in [0.15, 0.2) is 24.5 Å². The van der Waals surface area contributed by atoms with Gasteiger partial charge in [-0.05, 0) is 6.42 Å². The van der Waals surface area contributed by atoms with Gasteiger partial charge < -0.3 is 9.47 Å². The molecule has 0 amide bonds. The van der Waals surface area contributed by atoms with Crippen LogP contribution < -0.4 is 0 Å². The molecule has 0 unspecified atom stereocenters. The highest BCUT2D eigenvalue weighted by Crippen LogP contribution is 2.33. The van der Waals surface area contributed by atoms with Crippen LogP contribution in [0.1, 0.15) is 6.42 Å². The molecule has 0 aliphatic carbocycles. The van der Waals surface area contributed by atoms with E-state index in [9.17, 15) is 4.79 Å². The van der Waals surface area contributed by atoms with Gasteiger partial charge in [0.2, 0.25) is 0 Å². The third-order valence-corrected chi connectivity index (χ3v) is 2.62. The molecule has 2 rings (SSSR count). The van der Waals surface area contributed by atoms with Crippen LogP contribution in [0.4, 0.5) is 0 Å². The van der Waals surface area contributed by atoms with Crippen molar-refractivity contribution in [2.45, 2.75) is 6.42 Å². The molecule has 2 atom stereocenters. The fraction of sp³-hybridized carbons (Fsp3) is 0.500. The smallest absolute Gasteiger partial charge is 0.337 e. The number of carbonyl (C=O) groups is 1. The minimum absolute atomic E-state index is 0.234. The fourth-order valence-electron chi connectivity index (χ4n) is 1.85. The standard InChI is InChI=1S/C10H12O3/c1-2-7-5-12-6-9-8(7)3-4-13-10(9)11/h2,6-8H,1,3-5H2/t7-,8-/m0/s1. The van der Waals surface area contributed by atoms with E-state index in [0.717, 1.165) is 6.42 Å². The molecule has 1 saturated heterocycles. The molecule has 3 heteroatoms. The monoisotopic (exact) mass is 180 g/mol. The molecule has 70 valence electrons. The number of cyclic esters (lactones) is 1. The zero-order chi connectivity index (χ0) is 9.26. The fourth-order valence-corrected chi connectivity index (χ4v) is 1.85. The van der Waals surface area contributed by atoms with Crippen LogP contribution in [0.5, 0.6) is 0 Å². The Labute approximate surface area is 77.0 Å². The Morgan fingerprint density at radius 2 is 2.46 bits per heavy atom. The lowest BCUT2D eigenvalue weighted by Gasteiger charge is -2.32. The number of fused-ring (bicyclic) bond motifs is 1. The summed E-state index contributed by atoms with van der Waals surface area (Å²) in [5.74, 6) is 0.281. The third kappa shape index (κ3) is 1.34. The van der Waals surface area contributed by atoms with Crippen molar-refractivity contribution < 1.29 is 14.3 Å². The van der Waals surface area contributed by atoms with E-state index in [1.54, 1.807) is 0 Å². The normalized spacial score (nSPS) is 32.3. The van der Waals surface area contributed by atoms with Gasteiger partial charge in [0.05, 0.1) is 25.0 Å². The Bertz CT molecular complexity index is 267. The topological polar surface area (TPSA) is 35.5 Å². The molecule has 0 spiro atoms. The van der Waals surface area contributed by atoms with Gasteiger partial charge >= 0.3 is 5.97 Å². The van der Waals surface area contributed by atoms with Crippen LogP contribution in [-0.2, 0) is 14.3 Å². The number of carbonyl (C=O) groups excluding carboxylic acids is 1. The summed E-state index contributed by atoms with van der Waals surface area (Å²) in [7, 11) is 0. The van der Waals surface area contributed by atoms with Crippen LogP contribution in [0.2, 0.25) is 0 Å². The SMILES string of the molecule is C=C[C@H]1COC=C2C(=O)OCC[C@H]21. The Kier molecular flexibility index (Phi) is 2.08. The second-order valence-corrected chi connectivity index (χ2v) is 3.34.